The van der Waals surface area contributed by atoms with Crippen molar-refractivity contribution in [3.05, 3.63) is 0 Å². The molecule has 0 aliphatic carbocycles. The number of amides is 4. The van der Waals surface area contributed by atoms with Crippen molar-refractivity contribution in [2.24, 2.45) is 17.4 Å². The van der Waals surface area contributed by atoms with Gasteiger partial charge in [0.15, 0.2) is 0 Å². The second kappa shape index (κ2) is 13.2. The molecule has 0 heterocycles. The zero-order valence-electron chi connectivity index (χ0n) is 17.7. The summed E-state index contributed by atoms with van der Waals surface area (Å²) in [7, 11) is 0. The fraction of sp³-hybridized carbons (Fsp3) is 0.667. The number of carbonyl (C=O) groups excluding carboxylic acids is 4. The van der Waals surface area contributed by atoms with E-state index in [-0.39, 0.29) is 12.8 Å². The van der Waals surface area contributed by atoms with Crippen LogP contribution < -0.4 is 27.4 Å². The van der Waals surface area contributed by atoms with Crippen LogP contribution in [0.3, 0.4) is 0 Å². The Kier molecular flexibility index (Phi) is 11.8. The van der Waals surface area contributed by atoms with E-state index in [1.165, 1.54) is 6.92 Å². The molecule has 0 aromatic heterocycles. The molecule has 5 atom stereocenters. The number of carboxylic acids is 2. The summed E-state index contributed by atoms with van der Waals surface area (Å²) in [6.07, 6.45) is -0.816. The first-order valence-electron chi connectivity index (χ1n) is 9.69. The third-order valence-corrected chi connectivity index (χ3v) is 4.51. The molecular formula is C18H31N5O8. The van der Waals surface area contributed by atoms with Gasteiger partial charge in [0.2, 0.25) is 23.6 Å². The zero-order valence-corrected chi connectivity index (χ0v) is 17.7. The van der Waals surface area contributed by atoms with Crippen molar-refractivity contribution < 1.29 is 39.0 Å². The van der Waals surface area contributed by atoms with Crippen LogP contribution >= 0.6 is 0 Å². The third-order valence-electron chi connectivity index (χ3n) is 4.51. The molecule has 0 aromatic carbocycles. The van der Waals surface area contributed by atoms with Crippen LogP contribution in [0.5, 0.6) is 0 Å². The van der Waals surface area contributed by atoms with Crippen LogP contribution in [-0.4, -0.2) is 69.9 Å². The predicted molar refractivity (Wildman–Crippen MR) is 107 cm³/mol. The van der Waals surface area contributed by atoms with Gasteiger partial charge < -0.3 is 37.6 Å². The van der Waals surface area contributed by atoms with Gasteiger partial charge >= 0.3 is 11.9 Å². The molecule has 0 saturated heterocycles. The van der Waals surface area contributed by atoms with Gasteiger partial charge in [-0.05, 0) is 19.3 Å². The zero-order chi connectivity index (χ0) is 24.3. The van der Waals surface area contributed by atoms with Crippen LogP contribution in [0, 0.1) is 5.92 Å². The molecule has 0 aromatic rings. The molecule has 9 N–H and O–H groups in total. The second-order valence-corrected chi connectivity index (χ2v) is 7.22. The lowest BCUT2D eigenvalue weighted by atomic mass is 9.97. The molecule has 31 heavy (non-hydrogen) atoms. The van der Waals surface area contributed by atoms with E-state index in [1.807, 2.05) is 0 Å². The molecular weight excluding hydrogens is 414 g/mol. The van der Waals surface area contributed by atoms with Crippen LogP contribution in [0.2, 0.25) is 0 Å². The smallest absolute Gasteiger partial charge is 0.326 e. The van der Waals surface area contributed by atoms with Crippen molar-refractivity contribution in [3.8, 4) is 0 Å². The van der Waals surface area contributed by atoms with E-state index in [4.69, 9.17) is 21.7 Å². The number of hydrogen-bond donors (Lipinski definition) is 7. The van der Waals surface area contributed by atoms with Gasteiger partial charge in [0.05, 0.1) is 12.5 Å². The number of rotatable bonds is 14. The van der Waals surface area contributed by atoms with E-state index in [2.05, 4.69) is 16.0 Å². The molecule has 0 spiro atoms. The fourth-order valence-electron chi connectivity index (χ4n) is 2.45. The summed E-state index contributed by atoms with van der Waals surface area (Å²) in [6.45, 7) is 4.74. The standard InChI is InChI=1S/C18H31N5O8/c1-4-8(2)14(17(29)22-11(18(30)31)7-13(25)26)23-16(28)10(5-6-12(20)24)21-15(27)9(3)19/h8-11,14H,4-7,19H2,1-3H3,(H2,20,24)(H,21,27)(H,22,29)(H,23,28)(H,25,26)(H,30,31). The van der Waals surface area contributed by atoms with Crippen molar-refractivity contribution in [2.45, 2.75) is 70.6 Å². The molecule has 13 heteroatoms. The largest absolute Gasteiger partial charge is 0.481 e. The van der Waals surface area contributed by atoms with Crippen LogP contribution in [0.4, 0.5) is 0 Å². The molecule has 0 radical (unpaired) electrons. The lowest BCUT2D eigenvalue weighted by Gasteiger charge is -2.27. The molecule has 4 amide bonds. The number of aliphatic carboxylic acids is 2. The Morgan fingerprint density at radius 3 is 1.84 bits per heavy atom. The molecule has 0 aliphatic heterocycles. The van der Waals surface area contributed by atoms with Gasteiger partial charge in [-0.15, -0.1) is 0 Å². The van der Waals surface area contributed by atoms with E-state index in [0.29, 0.717) is 6.42 Å². The predicted octanol–water partition coefficient (Wildman–Crippen LogP) is -2.34. The summed E-state index contributed by atoms with van der Waals surface area (Å²) in [5, 5.41) is 24.8. The van der Waals surface area contributed by atoms with Crippen LogP contribution in [0.25, 0.3) is 0 Å². The highest BCUT2D eigenvalue weighted by Crippen LogP contribution is 2.10. The van der Waals surface area contributed by atoms with E-state index in [1.54, 1.807) is 13.8 Å². The van der Waals surface area contributed by atoms with Crippen molar-refractivity contribution in [3.63, 3.8) is 0 Å². The molecule has 5 unspecified atom stereocenters. The second-order valence-electron chi connectivity index (χ2n) is 7.22. The number of carbonyl (C=O) groups is 6. The van der Waals surface area contributed by atoms with E-state index in [9.17, 15) is 28.8 Å². The summed E-state index contributed by atoms with van der Waals surface area (Å²) >= 11 is 0. The number of nitrogens with two attached hydrogens (primary N) is 2. The Labute approximate surface area is 179 Å². The monoisotopic (exact) mass is 445 g/mol. The lowest BCUT2D eigenvalue weighted by Crippen LogP contribution is -2.58. The maximum atomic E-state index is 12.7. The average molecular weight is 445 g/mol. The van der Waals surface area contributed by atoms with Gasteiger partial charge in [0, 0.05) is 6.42 Å². The first-order chi connectivity index (χ1) is 14.3. The maximum Gasteiger partial charge on any atom is 0.326 e. The highest BCUT2D eigenvalue weighted by molar-refractivity contribution is 5.95. The minimum atomic E-state index is -1.70. The Balaban J connectivity index is 5.55. The summed E-state index contributed by atoms with van der Waals surface area (Å²) in [6, 6.07) is -5.09. The van der Waals surface area contributed by atoms with Crippen LogP contribution in [0.15, 0.2) is 0 Å². The number of primary amides is 1. The quantitative estimate of drug-likeness (QED) is 0.151. The van der Waals surface area contributed by atoms with Crippen molar-refractivity contribution in [1.82, 2.24) is 16.0 Å². The third kappa shape index (κ3) is 10.4. The first-order valence-corrected chi connectivity index (χ1v) is 9.69. The Morgan fingerprint density at radius 2 is 1.42 bits per heavy atom. The van der Waals surface area contributed by atoms with Gasteiger partial charge in [-0.25, -0.2) is 4.79 Å². The molecule has 0 bridgehead atoms. The summed E-state index contributed by atoms with van der Waals surface area (Å²) in [4.78, 5) is 70.4. The van der Waals surface area contributed by atoms with Crippen molar-refractivity contribution in [2.75, 3.05) is 0 Å². The normalized spacial score (nSPS) is 15.5. The summed E-state index contributed by atoms with van der Waals surface area (Å²) < 4.78 is 0. The molecule has 0 rings (SSSR count). The highest BCUT2D eigenvalue weighted by Gasteiger charge is 2.33. The summed E-state index contributed by atoms with van der Waals surface area (Å²) in [5.41, 5.74) is 10.6. The lowest BCUT2D eigenvalue weighted by molar-refractivity contribution is -0.147. The minimum Gasteiger partial charge on any atom is -0.481 e. The van der Waals surface area contributed by atoms with Gasteiger partial charge in [-0.1, -0.05) is 20.3 Å². The molecule has 13 nitrogen and oxygen atoms in total. The Morgan fingerprint density at radius 1 is 0.871 bits per heavy atom. The van der Waals surface area contributed by atoms with E-state index < -0.39 is 72.1 Å². The van der Waals surface area contributed by atoms with Crippen LogP contribution in [0.1, 0.15) is 46.5 Å². The Bertz CT molecular complexity index is 696. The van der Waals surface area contributed by atoms with Gasteiger partial charge in [0.25, 0.3) is 0 Å². The number of hydrogen-bond acceptors (Lipinski definition) is 7. The van der Waals surface area contributed by atoms with Crippen molar-refractivity contribution >= 4 is 35.6 Å². The average Bonchev–Trinajstić information content (AvgIpc) is 2.66. The molecule has 0 fully saturated rings. The van der Waals surface area contributed by atoms with E-state index in [0.717, 1.165) is 0 Å². The molecule has 0 aliphatic rings. The fourth-order valence-corrected chi connectivity index (χ4v) is 2.45. The number of nitrogens with one attached hydrogen (secondary N) is 3. The summed E-state index contributed by atoms with van der Waals surface area (Å²) in [5.74, 6) is -6.52. The highest BCUT2D eigenvalue weighted by atomic mass is 16.4. The first kappa shape index (κ1) is 27.8. The SMILES string of the molecule is CCC(C)C(NC(=O)C(CCC(N)=O)NC(=O)C(C)N)C(=O)NC(CC(=O)O)C(=O)O. The maximum absolute atomic E-state index is 12.7. The Hall–Kier alpha value is -3.22. The van der Waals surface area contributed by atoms with Crippen molar-refractivity contribution in [1.29, 1.82) is 0 Å². The molecule has 0 saturated carbocycles. The van der Waals surface area contributed by atoms with E-state index >= 15 is 0 Å². The van der Waals surface area contributed by atoms with Gasteiger partial charge in [-0.2, -0.15) is 0 Å². The number of carboxylic acid groups (broad SMARTS) is 2. The van der Waals surface area contributed by atoms with Gasteiger partial charge in [-0.3, -0.25) is 24.0 Å². The minimum absolute atomic E-state index is 0.148. The van der Waals surface area contributed by atoms with Gasteiger partial charge in [0.1, 0.15) is 18.1 Å². The topological polar surface area (TPSA) is 231 Å². The van der Waals surface area contributed by atoms with Crippen LogP contribution in [-0.2, 0) is 28.8 Å². The molecule has 176 valence electrons.